The number of carboxylic acid groups (broad SMARTS) is 1. The van der Waals surface area contributed by atoms with E-state index in [9.17, 15) is 27.9 Å². The van der Waals surface area contributed by atoms with Crippen LogP contribution in [0.1, 0.15) is 24.0 Å². The molecule has 1 amide bonds. The minimum atomic E-state index is -4.01. The third-order valence-electron chi connectivity index (χ3n) is 5.26. The Labute approximate surface area is 216 Å². The number of hydrogen-bond acceptors (Lipinski definition) is 8. The molecule has 0 spiro atoms. The van der Waals surface area contributed by atoms with Crippen molar-refractivity contribution in [2.75, 3.05) is 27.7 Å². The predicted octanol–water partition coefficient (Wildman–Crippen LogP) is 1.24. The molecule has 1 saturated heterocycles. The number of carbonyl (C=O) groups is 3. The maximum atomic E-state index is 13.1. The maximum absolute atomic E-state index is 13.1. The summed E-state index contributed by atoms with van der Waals surface area (Å²) in [5, 5.41) is 20.9. The molecule has 2 aromatic carbocycles. The SMILES string of the molecule is CN(C)C.N#Cc1ccc(S(=O)(=O)N2CCC[C@H]2C(=O)NC(Cc2ccc(OC=O)cc2)C(=O)O)cc1. The molecule has 0 radical (unpaired) electrons. The molecule has 198 valence electrons. The van der Waals surface area contributed by atoms with Gasteiger partial charge in [0.15, 0.2) is 0 Å². The van der Waals surface area contributed by atoms with Gasteiger partial charge in [-0.2, -0.15) is 9.57 Å². The number of aliphatic carboxylic acids is 1. The molecular formula is C25H30N4O7S. The summed E-state index contributed by atoms with van der Waals surface area (Å²) in [6.07, 6.45) is 0.659. The highest BCUT2D eigenvalue weighted by atomic mass is 32.2. The largest absolute Gasteiger partial charge is 0.480 e. The summed E-state index contributed by atoms with van der Waals surface area (Å²) in [6.45, 7) is 0.394. The zero-order valence-electron chi connectivity index (χ0n) is 20.8. The first-order chi connectivity index (χ1) is 17.5. The van der Waals surface area contributed by atoms with E-state index in [1.54, 1.807) is 12.1 Å². The summed E-state index contributed by atoms with van der Waals surface area (Å²) in [7, 11) is 1.99. The molecule has 2 atom stereocenters. The molecule has 11 nitrogen and oxygen atoms in total. The third-order valence-corrected chi connectivity index (χ3v) is 7.18. The fraction of sp³-hybridized carbons (Fsp3) is 0.360. The quantitative estimate of drug-likeness (QED) is 0.455. The standard InChI is InChI=1S/C22H21N3O7S.C3H9N/c23-13-16-5-9-18(10-6-16)33(30,31)25-11-1-2-20(25)21(27)24-19(22(28)29)12-15-3-7-17(8-4-15)32-14-26;1-4(2)3/h3-10,14,19-20H,1-2,11-12H2,(H,24,27)(H,28,29);1-3H3/t19?,20-;/m0./s1. The molecule has 1 unspecified atom stereocenters. The second kappa shape index (κ2) is 13.5. The lowest BCUT2D eigenvalue weighted by atomic mass is 10.1. The van der Waals surface area contributed by atoms with E-state index in [2.05, 4.69) is 5.32 Å². The molecule has 3 rings (SSSR count). The molecule has 1 heterocycles. The first kappa shape index (κ1) is 29.4. The van der Waals surface area contributed by atoms with Crippen molar-refractivity contribution in [3.63, 3.8) is 0 Å². The van der Waals surface area contributed by atoms with Gasteiger partial charge in [0.1, 0.15) is 17.8 Å². The number of nitriles is 1. The number of nitrogens with zero attached hydrogens (tertiary/aromatic N) is 3. The topological polar surface area (TPSA) is 157 Å². The fourth-order valence-corrected chi connectivity index (χ4v) is 5.25. The lowest BCUT2D eigenvalue weighted by Gasteiger charge is -2.25. The molecule has 12 heteroatoms. The monoisotopic (exact) mass is 530 g/mol. The van der Waals surface area contributed by atoms with E-state index in [1.807, 2.05) is 32.1 Å². The molecule has 1 fully saturated rings. The normalized spacial score (nSPS) is 16.1. The van der Waals surface area contributed by atoms with Crippen molar-refractivity contribution in [2.24, 2.45) is 0 Å². The van der Waals surface area contributed by atoms with Gasteiger partial charge >= 0.3 is 5.97 Å². The summed E-state index contributed by atoms with van der Waals surface area (Å²) >= 11 is 0. The second-order valence-corrected chi connectivity index (χ2v) is 10.6. The van der Waals surface area contributed by atoms with E-state index in [0.29, 0.717) is 23.3 Å². The van der Waals surface area contributed by atoms with Crippen LogP contribution in [-0.4, -0.2) is 80.8 Å². The Bertz CT molecular complexity index is 1220. The lowest BCUT2D eigenvalue weighted by molar-refractivity contribution is -0.142. The number of rotatable bonds is 9. The van der Waals surface area contributed by atoms with Gasteiger partial charge in [-0.05, 0) is 75.9 Å². The Morgan fingerprint density at radius 3 is 2.30 bits per heavy atom. The summed E-state index contributed by atoms with van der Waals surface area (Å²) in [6, 6.07) is 11.1. The molecule has 0 bridgehead atoms. The van der Waals surface area contributed by atoms with Gasteiger partial charge in [-0.25, -0.2) is 13.2 Å². The van der Waals surface area contributed by atoms with E-state index in [1.165, 1.54) is 36.4 Å². The average Bonchev–Trinajstić information content (AvgIpc) is 3.36. The van der Waals surface area contributed by atoms with Crippen molar-refractivity contribution in [3.8, 4) is 11.8 Å². The molecule has 1 aliphatic heterocycles. The zero-order valence-corrected chi connectivity index (χ0v) is 21.6. The van der Waals surface area contributed by atoms with Crippen LogP contribution in [0.2, 0.25) is 0 Å². The number of carbonyl (C=O) groups excluding carboxylic acids is 2. The average molecular weight is 531 g/mol. The van der Waals surface area contributed by atoms with Gasteiger partial charge in [-0.15, -0.1) is 0 Å². The van der Waals surface area contributed by atoms with Crippen molar-refractivity contribution in [2.45, 2.75) is 36.2 Å². The van der Waals surface area contributed by atoms with Crippen molar-refractivity contribution >= 4 is 28.4 Å². The Kier molecular flexibility index (Phi) is 10.7. The van der Waals surface area contributed by atoms with E-state index in [-0.39, 0.29) is 30.8 Å². The van der Waals surface area contributed by atoms with E-state index < -0.39 is 34.0 Å². The molecular weight excluding hydrogens is 500 g/mol. The molecule has 0 aromatic heterocycles. The molecule has 0 aliphatic carbocycles. The van der Waals surface area contributed by atoms with Crippen LogP contribution in [0.4, 0.5) is 0 Å². The lowest BCUT2D eigenvalue weighted by Crippen LogP contribution is -2.51. The molecule has 0 saturated carbocycles. The van der Waals surface area contributed by atoms with Crippen molar-refractivity contribution in [3.05, 3.63) is 59.7 Å². The predicted molar refractivity (Wildman–Crippen MR) is 134 cm³/mol. The highest BCUT2D eigenvalue weighted by Gasteiger charge is 2.40. The second-order valence-electron chi connectivity index (χ2n) is 8.71. The minimum absolute atomic E-state index is 0.0441. The zero-order chi connectivity index (χ0) is 27.6. The van der Waals surface area contributed by atoms with Crippen molar-refractivity contribution < 1.29 is 32.6 Å². The van der Waals surface area contributed by atoms with Gasteiger partial charge in [0.25, 0.3) is 6.47 Å². The third kappa shape index (κ3) is 8.38. The van der Waals surface area contributed by atoms with Crippen LogP contribution in [0.15, 0.2) is 53.4 Å². The Hall–Kier alpha value is -3.79. The maximum Gasteiger partial charge on any atom is 0.326 e. The summed E-state index contributed by atoms with van der Waals surface area (Å²) in [5.41, 5.74) is 0.883. The van der Waals surface area contributed by atoms with Gasteiger partial charge in [0.05, 0.1) is 16.5 Å². The number of amides is 1. The first-order valence-corrected chi connectivity index (χ1v) is 12.8. The van der Waals surface area contributed by atoms with Gasteiger partial charge in [0, 0.05) is 13.0 Å². The Morgan fingerprint density at radius 1 is 1.19 bits per heavy atom. The highest BCUT2D eigenvalue weighted by molar-refractivity contribution is 7.89. The van der Waals surface area contributed by atoms with E-state index in [0.717, 1.165) is 4.31 Å². The number of sulfonamides is 1. The minimum Gasteiger partial charge on any atom is -0.480 e. The van der Waals surface area contributed by atoms with Crippen LogP contribution in [0.25, 0.3) is 0 Å². The molecule has 2 N–H and O–H groups in total. The summed E-state index contributed by atoms with van der Waals surface area (Å²) in [4.78, 5) is 37.0. The van der Waals surface area contributed by atoms with Crippen LogP contribution in [-0.2, 0) is 30.8 Å². The van der Waals surface area contributed by atoms with E-state index in [4.69, 9.17) is 10.00 Å². The number of benzene rings is 2. The van der Waals surface area contributed by atoms with Crippen molar-refractivity contribution in [1.29, 1.82) is 5.26 Å². The van der Waals surface area contributed by atoms with Gasteiger partial charge in [-0.1, -0.05) is 12.1 Å². The van der Waals surface area contributed by atoms with Crippen molar-refractivity contribution in [1.82, 2.24) is 14.5 Å². The molecule has 2 aromatic rings. The Morgan fingerprint density at radius 2 is 1.78 bits per heavy atom. The summed E-state index contributed by atoms with van der Waals surface area (Å²) < 4.78 is 31.9. The number of ether oxygens (including phenoxy) is 1. The number of nitrogens with one attached hydrogen (secondary N) is 1. The highest BCUT2D eigenvalue weighted by Crippen LogP contribution is 2.26. The van der Waals surface area contributed by atoms with Crippen LogP contribution in [0, 0.1) is 11.3 Å². The number of hydrogen-bond donors (Lipinski definition) is 2. The van der Waals surface area contributed by atoms with E-state index >= 15 is 0 Å². The van der Waals surface area contributed by atoms with Crippen LogP contribution >= 0.6 is 0 Å². The van der Waals surface area contributed by atoms with Crippen LogP contribution < -0.4 is 10.1 Å². The van der Waals surface area contributed by atoms with Gasteiger partial charge in [-0.3, -0.25) is 9.59 Å². The summed E-state index contributed by atoms with van der Waals surface area (Å²) in [5.74, 6) is -1.67. The molecule has 1 aliphatic rings. The first-order valence-electron chi connectivity index (χ1n) is 11.3. The Balaban J connectivity index is 0.00000112. The number of carboxylic acids is 1. The smallest absolute Gasteiger partial charge is 0.326 e. The van der Waals surface area contributed by atoms with Crippen LogP contribution in [0.5, 0.6) is 5.75 Å². The van der Waals surface area contributed by atoms with Crippen LogP contribution in [0.3, 0.4) is 0 Å². The van der Waals surface area contributed by atoms with Gasteiger partial charge < -0.3 is 20.1 Å². The fourth-order valence-electron chi connectivity index (χ4n) is 3.59. The van der Waals surface area contributed by atoms with Gasteiger partial charge in [0.2, 0.25) is 15.9 Å². The molecule has 37 heavy (non-hydrogen) atoms.